The second-order valence-corrected chi connectivity index (χ2v) is 5.17. The fraction of sp³-hybridized carbons (Fsp3) is 0.222. The van der Waals surface area contributed by atoms with Gasteiger partial charge < -0.3 is 4.90 Å². The van der Waals surface area contributed by atoms with E-state index in [2.05, 4.69) is 73.5 Å². The first kappa shape index (κ1) is 12.0. The maximum atomic E-state index is 2.34. The molecule has 0 amide bonds. The molecule has 3 rings (SSSR count). The van der Waals surface area contributed by atoms with Gasteiger partial charge in [0, 0.05) is 23.7 Å². The molecule has 0 radical (unpaired) electrons. The van der Waals surface area contributed by atoms with Gasteiger partial charge in [-0.1, -0.05) is 48.0 Å². The molecule has 2 aromatic rings. The zero-order chi connectivity index (χ0) is 13.2. The fourth-order valence-corrected chi connectivity index (χ4v) is 2.71. The molecule has 96 valence electrons. The number of rotatable bonds is 2. The quantitative estimate of drug-likeness (QED) is 0.791. The third-order valence-corrected chi connectivity index (χ3v) is 3.84. The summed E-state index contributed by atoms with van der Waals surface area (Å²) < 4.78 is 0. The first-order valence-corrected chi connectivity index (χ1v) is 6.84. The van der Waals surface area contributed by atoms with Gasteiger partial charge in [0.05, 0.1) is 0 Å². The van der Waals surface area contributed by atoms with E-state index in [-0.39, 0.29) is 0 Å². The van der Waals surface area contributed by atoms with Crippen LogP contribution < -0.4 is 15.3 Å². The van der Waals surface area contributed by atoms with Crippen LogP contribution in [-0.2, 0) is 0 Å². The van der Waals surface area contributed by atoms with E-state index in [9.17, 15) is 0 Å². The minimum atomic E-state index is 1.11. The lowest BCUT2D eigenvalue weighted by Crippen LogP contribution is -2.35. The first-order valence-electron chi connectivity index (χ1n) is 6.84. The molecule has 0 spiro atoms. The highest BCUT2D eigenvalue weighted by Crippen LogP contribution is 2.21. The van der Waals surface area contributed by atoms with Crippen molar-refractivity contribution in [3.8, 4) is 0 Å². The van der Waals surface area contributed by atoms with Gasteiger partial charge in [0.25, 0.3) is 0 Å². The molecule has 0 saturated heterocycles. The van der Waals surface area contributed by atoms with Gasteiger partial charge in [0.2, 0.25) is 0 Å². The maximum Gasteiger partial charge on any atom is 0.0406 e. The summed E-state index contributed by atoms with van der Waals surface area (Å²) in [5, 5.41) is 2.74. The van der Waals surface area contributed by atoms with Crippen molar-refractivity contribution in [2.75, 3.05) is 11.9 Å². The second kappa shape index (κ2) is 4.93. The summed E-state index contributed by atoms with van der Waals surface area (Å²) in [7, 11) is 2.17. The highest BCUT2D eigenvalue weighted by Gasteiger charge is 2.10. The van der Waals surface area contributed by atoms with Gasteiger partial charge in [-0.15, -0.1) is 0 Å². The smallest absolute Gasteiger partial charge is 0.0406 e. The van der Waals surface area contributed by atoms with Gasteiger partial charge >= 0.3 is 0 Å². The summed E-state index contributed by atoms with van der Waals surface area (Å²) in [4.78, 5) is 2.32. The van der Waals surface area contributed by atoms with Crippen LogP contribution in [0.2, 0.25) is 0 Å². The first-order chi connectivity index (χ1) is 9.25. The van der Waals surface area contributed by atoms with E-state index in [0.717, 1.165) is 12.8 Å². The van der Waals surface area contributed by atoms with Crippen molar-refractivity contribution in [2.24, 2.45) is 0 Å². The molecule has 1 nitrogen and oxygen atoms in total. The van der Waals surface area contributed by atoms with E-state index in [1.807, 2.05) is 0 Å². The molecule has 19 heavy (non-hydrogen) atoms. The molecule has 2 aromatic carbocycles. The van der Waals surface area contributed by atoms with Crippen molar-refractivity contribution in [1.82, 2.24) is 0 Å². The molecule has 0 N–H and O–H groups in total. The minimum Gasteiger partial charge on any atom is -0.348 e. The molecule has 0 atom stereocenters. The summed E-state index contributed by atoms with van der Waals surface area (Å²) in [5.41, 5.74) is 3.98. The molecule has 1 aliphatic rings. The van der Waals surface area contributed by atoms with Crippen molar-refractivity contribution < 1.29 is 0 Å². The normalized spacial score (nSPS) is 13.7. The van der Waals surface area contributed by atoms with Crippen LogP contribution in [0.15, 0.2) is 48.5 Å². The Labute approximate surface area is 114 Å². The number of fused-ring (bicyclic) bond motifs is 1. The van der Waals surface area contributed by atoms with Gasteiger partial charge in [-0.05, 0) is 37.1 Å². The van der Waals surface area contributed by atoms with Crippen LogP contribution in [0.5, 0.6) is 0 Å². The monoisotopic (exact) mass is 249 g/mol. The summed E-state index contributed by atoms with van der Waals surface area (Å²) in [6.07, 6.45) is 4.58. The van der Waals surface area contributed by atoms with Gasteiger partial charge in [-0.3, -0.25) is 0 Å². The molecule has 0 saturated carbocycles. The topological polar surface area (TPSA) is 3.24 Å². The molecule has 1 aliphatic carbocycles. The van der Waals surface area contributed by atoms with Gasteiger partial charge in [-0.25, -0.2) is 0 Å². The Bertz CT molecular complexity index is 695. The zero-order valence-electron chi connectivity index (χ0n) is 11.6. The largest absolute Gasteiger partial charge is 0.348 e. The van der Waals surface area contributed by atoms with E-state index in [4.69, 9.17) is 0 Å². The zero-order valence-corrected chi connectivity index (χ0v) is 11.6. The molecule has 0 unspecified atom stereocenters. The van der Waals surface area contributed by atoms with Crippen LogP contribution in [0.1, 0.15) is 18.4 Å². The van der Waals surface area contributed by atoms with Gasteiger partial charge in [0.1, 0.15) is 0 Å². The number of benzene rings is 2. The predicted octanol–water partition coefficient (Wildman–Crippen LogP) is 2.81. The van der Waals surface area contributed by atoms with Crippen molar-refractivity contribution in [3.05, 3.63) is 64.5 Å². The number of nitrogens with zero attached hydrogens (tertiary/aromatic N) is 1. The van der Waals surface area contributed by atoms with E-state index in [0.29, 0.717) is 0 Å². The molecule has 0 heterocycles. The summed E-state index contributed by atoms with van der Waals surface area (Å²) in [6, 6.07) is 17.4. The standard InChI is InChI=1S/C18H19N/c1-14-10-12-16(13-11-14)19(2)18-9-5-7-15-6-3-4-8-17(15)18/h3-4,6-8,10-13H,5,9H2,1-2H3. The highest BCUT2D eigenvalue weighted by molar-refractivity contribution is 5.69. The molecule has 0 aromatic heterocycles. The Hall–Kier alpha value is -2.02. The summed E-state index contributed by atoms with van der Waals surface area (Å²) >= 11 is 0. The average Bonchev–Trinajstić information content (AvgIpc) is 2.47. The molecular weight excluding hydrogens is 230 g/mol. The van der Waals surface area contributed by atoms with Crippen molar-refractivity contribution in [1.29, 1.82) is 0 Å². The van der Waals surface area contributed by atoms with Crippen molar-refractivity contribution >= 4 is 17.5 Å². The van der Waals surface area contributed by atoms with Gasteiger partial charge in [0.15, 0.2) is 0 Å². The SMILES string of the molecule is Cc1ccc(N(C)C2=c3ccccc3=CCC2)cc1. The second-order valence-electron chi connectivity index (χ2n) is 5.17. The Morgan fingerprint density at radius 3 is 2.47 bits per heavy atom. The molecule has 0 fully saturated rings. The van der Waals surface area contributed by atoms with Crippen LogP contribution in [-0.4, -0.2) is 7.05 Å². The molecule has 0 aliphatic heterocycles. The molecule has 1 heteroatoms. The lowest BCUT2D eigenvalue weighted by Gasteiger charge is -2.25. The highest BCUT2D eigenvalue weighted by atomic mass is 15.1. The number of hydrogen-bond acceptors (Lipinski definition) is 1. The Morgan fingerprint density at radius 1 is 0.947 bits per heavy atom. The fourth-order valence-electron chi connectivity index (χ4n) is 2.71. The Balaban J connectivity index is 2.12. The third kappa shape index (κ3) is 2.28. The van der Waals surface area contributed by atoms with Crippen LogP contribution in [0.4, 0.5) is 5.69 Å². The van der Waals surface area contributed by atoms with Crippen LogP contribution >= 0.6 is 0 Å². The van der Waals surface area contributed by atoms with Gasteiger partial charge in [-0.2, -0.15) is 0 Å². The Morgan fingerprint density at radius 2 is 1.68 bits per heavy atom. The van der Waals surface area contributed by atoms with E-state index in [1.165, 1.54) is 27.4 Å². The maximum absolute atomic E-state index is 2.34. The van der Waals surface area contributed by atoms with Crippen molar-refractivity contribution in [2.45, 2.75) is 19.8 Å². The number of anilines is 1. The number of hydrogen-bond donors (Lipinski definition) is 0. The molecular formula is C18H19N. The lowest BCUT2D eigenvalue weighted by atomic mass is 10.0. The molecule has 0 bridgehead atoms. The minimum absolute atomic E-state index is 1.11. The Kier molecular flexibility index (Phi) is 3.12. The number of aryl methyl sites for hydroxylation is 1. The lowest BCUT2D eigenvalue weighted by molar-refractivity contribution is 1.00. The average molecular weight is 249 g/mol. The van der Waals surface area contributed by atoms with E-state index >= 15 is 0 Å². The third-order valence-electron chi connectivity index (χ3n) is 3.84. The van der Waals surface area contributed by atoms with E-state index in [1.54, 1.807) is 0 Å². The van der Waals surface area contributed by atoms with Crippen LogP contribution in [0.25, 0.3) is 11.8 Å². The summed E-state index contributed by atoms with van der Waals surface area (Å²) in [6.45, 7) is 2.13. The predicted molar refractivity (Wildman–Crippen MR) is 82.4 cm³/mol. The summed E-state index contributed by atoms with van der Waals surface area (Å²) in [5.74, 6) is 0. The van der Waals surface area contributed by atoms with Crippen LogP contribution in [0.3, 0.4) is 0 Å². The van der Waals surface area contributed by atoms with Crippen molar-refractivity contribution in [3.63, 3.8) is 0 Å². The van der Waals surface area contributed by atoms with Crippen LogP contribution in [0, 0.1) is 6.92 Å². The van der Waals surface area contributed by atoms with E-state index < -0.39 is 0 Å².